The van der Waals surface area contributed by atoms with Gasteiger partial charge >= 0.3 is 0 Å². The Balaban J connectivity index is 1.67. The Bertz CT molecular complexity index is 788. The van der Waals surface area contributed by atoms with Crippen LogP contribution < -0.4 is 4.74 Å². The van der Waals surface area contributed by atoms with Crippen LogP contribution in [0.15, 0.2) is 18.2 Å². The minimum atomic E-state index is -0.289. The average molecular weight is 384 g/mol. The van der Waals surface area contributed by atoms with E-state index in [1.54, 1.807) is 7.11 Å². The van der Waals surface area contributed by atoms with E-state index in [-0.39, 0.29) is 16.9 Å². The number of methoxy groups -OCH3 is 2. The summed E-state index contributed by atoms with van der Waals surface area (Å²) in [6.45, 7) is 4.52. The van der Waals surface area contributed by atoms with Crippen molar-refractivity contribution in [2.45, 2.75) is 68.9 Å². The Morgan fingerprint density at radius 2 is 2.04 bits per heavy atom. The van der Waals surface area contributed by atoms with Gasteiger partial charge < -0.3 is 9.47 Å². The molecule has 28 heavy (non-hydrogen) atoms. The zero-order valence-electron chi connectivity index (χ0n) is 17.5. The lowest BCUT2D eigenvalue weighted by Gasteiger charge is -2.67. The Morgan fingerprint density at radius 1 is 1.21 bits per heavy atom. The summed E-state index contributed by atoms with van der Waals surface area (Å²) < 4.78 is 12.1. The van der Waals surface area contributed by atoms with Crippen LogP contribution in [0.2, 0.25) is 0 Å². The van der Waals surface area contributed by atoms with E-state index in [9.17, 15) is 4.79 Å². The van der Waals surface area contributed by atoms with Crippen molar-refractivity contribution in [2.24, 2.45) is 11.8 Å². The van der Waals surface area contributed by atoms with Gasteiger partial charge in [-0.1, -0.05) is 19.4 Å². The number of hydrogen-bond donors (Lipinski definition) is 0. The van der Waals surface area contributed by atoms with Gasteiger partial charge in [-0.2, -0.15) is 0 Å². The molecule has 0 N–H and O–H groups in total. The molecule has 5 rings (SSSR count). The number of hydrogen-bond acceptors (Lipinski definition) is 4. The number of carbonyl (C=O) groups is 1. The van der Waals surface area contributed by atoms with Crippen molar-refractivity contribution >= 4 is 5.78 Å². The first kappa shape index (κ1) is 18.6. The van der Waals surface area contributed by atoms with Crippen LogP contribution in [0.5, 0.6) is 5.75 Å². The largest absolute Gasteiger partial charge is 0.497 e. The van der Waals surface area contributed by atoms with Crippen LogP contribution in [0.25, 0.3) is 0 Å². The number of piperidine rings is 1. The number of nitrogens with zero attached hydrogens (tertiary/aromatic N) is 1. The smallest absolute Gasteiger partial charge is 0.134 e. The van der Waals surface area contributed by atoms with Gasteiger partial charge in [0.25, 0.3) is 0 Å². The molecule has 1 aliphatic heterocycles. The Labute approximate surface area is 168 Å². The molecule has 1 heterocycles. The molecule has 0 aromatic heterocycles. The van der Waals surface area contributed by atoms with E-state index in [2.05, 4.69) is 30.0 Å². The van der Waals surface area contributed by atoms with Crippen molar-refractivity contribution in [3.05, 3.63) is 29.3 Å². The van der Waals surface area contributed by atoms with Crippen LogP contribution in [0.3, 0.4) is 0 Å². The number of ketones is 1. The van der Waals surface area contributed by atoms with Crippen LogP contribution in [-0.4, -0.2) is 49.6 Å². The van der Waals surface area contributed by atoms with Gasteiger partial charge in [-0.3, -0.25) is 9.69 Å². The molecule has 4 nitrogen and oxygen atoms in total. The first-order valence-electron chi connectivity index (χ1n) is 11.0. The predicted molar refractivity (Wildman–Crippen MR) is 109 cm³/mol. The number of likely N-dealkylation sites (tertiary alicyclic amines) is 1. The SMILES string of the molecule is COc1ccc2c(c1)[C@]13CCN(CC4CCC4)[C@H](C2)[C@]1(OC)C(C)CC(=O)C3. The minimum absolute atomic E-state index is 0.223. The van der Waals surface area contributed by atoms with Crippen LogP contribution in [0, 0.1) is 11.8 Å². The Hall–Kier alpha value is -1.39. The molecule has 1 aromatic carbocycles. The number of rotatable bonds is 4. The van der Waals surface area contributed by atoms with E-state index in [0.29, 0.717) is 24.7 Å². The number of benzene rings is 1. The molecule has 0 amide bonds. The van der Waals surface area contributed by atoms with E-state index in [1.807, 2.05) is 7.11 Å². The highest BCUT2D eigenvalue weighted by atomic mass is 16.5. The van der Waals surface area contributed by atoms with Crippen molar-refractivity contribution < 1.29 is 14.3 Å². The van der Waals surface area contributed by atoms with Crippen LogP contribution in [-0.2, 0) is 21.4 Å². The lowest BCUT2D eigenvalue weighted by molar-refractivity contribution is -0.211. The summed E-state index contributed by atoms with van der Waals surface area (Å²) in [5, 5.41) is 0. The molecular weight excluding hydrogens is 350 g/mol. The van der Waals surface area contributed by atoms with Gasteiger partial charge in [0.2, 0.25) is 0 Å². The molecule has 2 bridgehead atoms. The first-order valence-corrected chi connectivity index (χ1v) is 11.0. The monoisotopic (exact) mass is 383 g/mol. The maximum absolute atomic E-state index is 12.9. The summed E-state index contributed by atoms with van der Waals surface area (Å²) in [5.74, 6) is 2.35. The van der Waals surface area contributed by atoms with E-state index >= 15 is 0 Å². The van der Waals surface area contributed by atoms with Gasteiger partial charge in [0.1, 0.15) is 11.5 Å². The fraction of sp³-hybridized carbons (Fsp3) is 0.708. The third kappa shape index (κ3) is 2.34. The molecule has 4 aliphatic rings. The van der Waals surface area contributed by atoms with Crippen LogP contribution in [0.1, 0.15) is 56.6 Å². The molecule has 3 aliphatic carbocycles. The molecule has 0 radical (unpaired) electrons. The molecule has 2 saturated carbocycles. The highest BCUT2D eigenvalue weighted by Gasteiger charge is 2.68. The van der Waals surface area contributed by atoms with Gasteiger partial charge in [0.15, 0.2) is 0 Å². The Kier molecular flexibility index (Phi) is 4.37. The fourth-order valence-corrected chi connectivity index (χ4v) is 7.20. The summed E-state index contributed by atoms with van der Waals surface area (Å²) in [7, 11) is 3.62. The van der Waals surface area contributed by atoms with E-state index < -0.39 is 0 Å². The van der Waals surface area contributed by atoms with Gasteiger partial charge in [-0.25, -0.2) is 0 Å². The zero-order chi connectivity index (χ0) is 19.5. The predicted octanol–water partition coefficient (Wildman–Crippen LogP) is 3.75. The summed E-state index contributed by atoms with van der Waals surface area (Å²) >= 11 is 0. The lowest BCUT2D eigenvalue weighted by atomic mass is 9.46. The number of fused-ring (bicyclic) bond motifs is 1. The van der Waals surface area contributed by atoms with Crippen LogP contribution >= 0.6 is 0 Å². The van der Waals surface area contributed by atoms with Crippen molar-refractivity contribution in [2.75, 3.05) is 27.3 Å². The third-order valence-electron chi connectivity index (χ3n) is 8.58. The summed E-state index contributed by atoms with van der Waals surface area (Å²) in [6, 6.07) is 6.87. The van der Waals surface area contributed by atoms with Crippen molar-refractivity contribution in [3.63, 3.8) is 0 Å². The maximum atomic E-state index is 12.9. The Morgan fingerprint density at radius 3 is 2.71 bits per heavy atom. The molecule has 4 atom stereocenters. The van der Waals surface area contributed by atoms with Crippen molar-refractivity contribution in [3.8, 4) is 5.75 Å². The van der Waals surface area contributed by atoms with Gasteiger partial charge in [-0.15, -0.1) is 0 Å². The number of carbonyl (C=O) groups excluding carboxylic acids is 1. The average Bonchev–Trinajstić information content (AvgIpc) is 2.65. The summed E-state index contributed by atoms with van der Waals surface area (Å²) in [5.41, 5.74) is 2.19. The molecule has 3 fully saturated rings. The molecule has 152 valence electrons. The molecule has 1 saturated heterocycles. The van der Waals surface area contributed by atoms with E-state index in [4.69, 9.17) is 9.47 Å². The highest BCUT2D eigenvalue weighted by molar-refractivity contribution is 5.83. The van der Waals surface area contributed by atoms with Crippen LogP contribution in [0.4, 0.5) is 0 Å². The molecular formula is C24H33NO3. The molecule has 1 unspecified atom stereocenters. The summed E-state index contributed by atoms with van der Waals surface area (Å²) in [4.78, 5) is 15.6. The fourth-order valence-electron chi connectivity index (χ4n) is 7.20. The minimum Gasteiger partial charge on any atom is -0.497 e. The third-order valence-corrected chi connectivity index (χ3v) is 8.58. The topological polar surface area (TPSA) is 38.8 Å². The van der Waals surface area contributed by atoms with Crippen molar-refractivity contribution in [1.29, 1.82) is 0 Å². The maximum Gasteiger partial charge on any atom is 0.134 e. The van der Waals surface area contributed by atoms with E-state index in [0.717, 1.165) is 31.1 Å². The van der Waals surface area contributed by atoms with E-state index in [1.165, 1.54) is 36.9 Å². The lowest BCUT2D eigenvalue weighted by Crippen LogP contribution is -2.76. The standard InChI is InChI=1S/C24H33NO3/c1-16-11-19(26)14-23-9-10-25(15-17-5-4-6-17)22(24(16,23)28-3)12-18-7-8-20(27-2)13-21(18)23/h7-8,13,16-17,22H,4-6,9-12,14-15H2,1-3H3/t16?,22-,23-,24-/m1/s1. The second-order valence-corrected chi connectivity index (χ2v) is 9.68. The quantitative estimate of drug-likeness (QED) is 0.794. The van der Waals surface area contributed by atoms with Crippen molar-refractivity contribution in [1.82, 2.24) is 4.90 Å². The second kappa shape index (κ2) is 6.56. The molecule has 4 heteroatoms. The van der Waals surface area contributed by atoms with Gasteiger partial charge in [-0.05, 0) is 67.3 Å². The first-order chi connectivity index (χ1) is 13.5. The van der Waals surface area contributed by atoms with Gasteiger partial charge in [0.05, 0.1) is 12.7 Å². The van der Waals surface area contributed by atoms with Gasteiger partial charge in [0, 0.05) is 38.0 Å². The molecule has 0 spiro atoms. The summed E-state index contributed by atoms with van der Waals surface area (Å²) in [6.07, 6.45) is 7.39. The normalized spacial score (nSPS) is 37.8. The highest BCUT2D eigenvalue weighted by Crippen LogP contribution is 2.61. The second-order valence-electron chi connectivity index (χ2n) is 9.68. The molecule has 1 aromatic rings. The number of Topliss-reactive ketones (excluding diaryl/α,β-unsaturated/α-hetero) is 1. The zero-order valence-corrected chi connectivity index (χ0v) is 17.5. The number of ether oxygens (including phenoxy) is 2.